The third kappa shape index (κ3) is 6.90. The average Bonchev–Trinajstić information content (AvgIpc) is 2.83. The van der Waals surface area contributed by atoms with Crippen molar-refractivity contribution in [3.63, 3.8) is 0 Å². The van der Waals surface area contributed by atoms with E-state index >= 15 is 0 Å². The van der Waals surface area contributed by atoms with Gasteiger partial charge in [-0.25, -0.2) is 0 Å². The van der Waals surface area contributed by atoms with Crippen LogP contribution in [0.1, 0.15) is 33.4 Å². The SMILES string of the molecule is C(#Cc1ccccc1)c1[c-]cc(C#Cc2ccc(C#Cc3ccccc3)cc2)cc1.[Re]. The van der Waals surface area contributed by atoms with Crippen LogP contribution in [0.25, 0.3) is 0 Å². The van der Waals surface area contributed by atoms with Gasteiger partial charge in [0.2, 0.25) is 0 Å². The summed E-state index contributed by atoms with van der Waals surface area (Å²) in [5.74, 6) is 19.0. The van der Waals surface area contributed by atoms with Gasteiger partial charge in [0.15, 0.2) is 0 Å². The van der Waals surface area contributed by atoms with E-state index in [-0.39, 0.29) is 20.4 Å². The maximum atomic E-state index is 3.19. The van der Waals surface area contributed by atoms with E-state index in [1.807, 2.05) is 103 Å². The molecule has 0 aliphatic rings. The van der Waals surface area contributed by atoms with Crippen LogP contribution in [-0.2, 0) is 20.4 Å². The summed E-state index contributed by atoms with van der Waals surface area (Å²) in [6, 6.07) is 36.9. The summed E-state index contributed by atoms with van der Waals surface area (Å²) in [5.41, 5.74) is 5.69. The van der Waals surface area contributed by atoms with Crippen LogP contribution in [0.2, 0.25) is 0 Å². The minimum absolute atomic E-state index is 0. The molecule has 4 rings (SSSR count). The zero-order valence-corrected chi connectivity index (χ0v) is 19.4. The first-order chi connectivity index (χ1) is 14.8. The molecule has 0 saturated carbocycles. The summed E-state index contributed by atoms with van der Waals surface area (Å²) in [7, 11) is 0. The molecule has 0 spiro atoms. The smallest absolute Gasteiger partial charge is 0.0249 e. The molecule has 145 valence electrons. The third-order valence-electron chi connectivity index (χ3n) is 4.29. The second kappa shape index (κ2) is 11.4. The van der Waals surface area contributed by atoms with Crippen LogP contribution < -0.4 is 0 Å². The van der Waals surface area contributed by atoms with Crippen molar-refractivity contribution in [2.24, 2.45) is 0 Å². The van der Waals surface area contributed by atoms with E-state index < -0.39 is 0 Å². The van der Waals surface area contributed by atoms with E-state index in [1.165, 1.54) is 0 Å². The molecule has 0 atom stereocenters. The van der Waals surface area contributed by atoms with Crippen molar-refractivity contribution in [2.75, 3.05) is 0 Å². The van der Waals surface area contributed by atoms with Crippen LogP contribution >= 0.6 is 0 Å². The van der Waals surface area contributed by atoms with Crippen molar-refractivity contribution in [3.05, 3.63) is 143 Å². The van der Waals surface area contributed by atoms with E-state index in [1.54, 1.807) is 0 Å². The molecule has 0 fully saturated rings. The first-order valence-electron chi connectivity index (χ1n) is 9.63. The Morgan fingerprint density at radius 2 is 0.774 bits per heavy atom. The minimum atomic E-state index is 0. The number of hydrogen-bond donors (Lipinski definition) is 0. The van der Waals surface area contributed by atoms with Gasteiger partial charge in [0.25, 0.3) is 0 Å². The summed E-state index contributed by atoms with van der Waals surface area (Å²) in [5, 5.41) is 0. The van der Waals surface area contributed by atoms with Gasteiger partial charge in [0, 0.05) is 42.7 Å². The number of benzene rings is 4. The van der Waals surface area contributed by atoms with Crippen LogP contribution in [0.5, 0.6) is 0 Å². The molecule has 0 aliphatic carbocycles. The van der Waals surface area contributed by atoms with Crippen molar-refractivity contribution in [1.82, 2.24) is 0 Å². The Hall–Kier alpha value is -3.78. The van der Waals surface area contributed by atoms with Crippen LogP contribution in [0, 0.1) is 41.6 Å². The Morgan fingerprint density at radius 1 is 0.387 bits per heavy atom. The summed E-state index contributed by atoms with van der Waals surface area (Å²) in [6.07, 6.45) is 0. The van der Waals surface area contributed by atoms with E-state index in [9.17, 15) is 0 Å². The number of hydrogen-bond acceptors (Lipinski definition) is 0. The van der Waals surface area contributed by atoms with Crippen LogP contribution in [0.3, 0.4) is 0 Å². The van der Waals surface area contributed by atoms with E-state index in [4.69, 9.17) is 0 Å². The van der Waals surface area contributed by atoms with Crippen LogP contribution in [-0.4, -0.2) is 0 Å². The van der Waals surface area contributed by atoms with Gasteiger partial charge in [-0.3, -0.25) is 0 Å². The molecule has 0 amide bonds. The predicted octanol–water partition coefficient (Wildman–Crippen LogP) is 5.68. The fourth-order valence-electron chi connectivity index (χ4n) is 2.69. The van der Waals surface area contributed by atoms with Gasteiger partial charge >= 0.3 is 0 Å². The standard InChI is InChI=1S/C30H17.Re/c1-3-7-25(8-4-1)11-13-27-15-19-29(20-16-27)23-24-30-21-17-28(18-22-30)14-12-26-9-5-2-6-10-26;/h1-10,15-17,19-22H;/q-1;. The summed E-state index contributed by atoms with van der Waals surface area (Å²) < 4.78 is 0. The minimum Gasteiger partial charge on any atom is -0.186 e. The Morgan fingerprint density at radius 3 is 1.23 bits per heavy atom. The average molecular weight is 564 g/mol. The van der Waals surface area contributed by atoms with Gasteiger partial charge in [-0.1, -0.05) is 59.7 Å². The molecular formula is C30H17Re-. The molecule has 1 radical (unpaired) electrons. The molecule has 31 heavy (non-hydrogen) atoms. The second-order valence-electron chi connectivity index (χ2n) is 6.55. The Balaban J connectivity index is 0.00000272. The molecular weight excluding hydrogens is 547 g/mol. The molecule has 4 aromatic rings. The fourth-order valence-corrected chi connectivity index (χ4v) is 2.69. The number of rotatable bonds is 0. The first-order valence-corrected chi connectivity index (χ1v) is 9.63. The maximum Gasteiger partial charge on any atom is 0.0249 e. The van der Waals surface area contributed by atoms with Crippen molar-refractivity contribution in [1.29, 1.82) is 0 Å². The predicted molar refractivity (Wildman–Crippen MR) is 123 cm³/mol. The van der Waals surface area contributed by atoms with Crippen molar-refractivity contribution in [3.8, 4) is 35.5 Å². The van der Waals surface area contributed by atoms with Crippen molar-refractivity contribution < 1.29 is 20.4 Å². The first kappa shape index (κ1) is 21.9. The van der Waals surface area contributed by atoms with Crippen molar-refractivity contribution in [2.45, 2.75) is 0 Å². The Kier molecular flexibility index (Phi) is 8.07. The quantitative estimate of drug-likeness (QED) is 0.191. The largest absolute Gasteiger partial charge is 0.186 e. The topological polar surface area (TPSA) is 0 Å². The molecule has 0 unspecified atom stereocenters. The molecule has 0 N–H and O–H groups in total. The van der Waals surface area contributed by atoms with Crippen LogP contribution in [0.4, 0.5) is 0 Å². The van der Waals surface area contributed by atoms with Gasteiger partial charge in [-0.15, -0.1) is 41.7 Å². The van der Waals surface area contributed by atoms with Crippen molar-refractivity contribution >= 4 is 0 Å². The molecule has 0 bridgehead atoms. The Bertz CT molecular complexity index is 1190. The Labute approximate surface area is 198 Å². The summed E-state index contributed by atoms with van der Waals surface area (Å²) in [4.78, 5) is 0. The fraction of sp³-hybridized carbons (Fsp3) is 0. The van der Waals surface area contributed by atoms with Gasteiger partial charge < -0.3 is 0 Å². The molecule has 0 nitrogen and oxygen atoms in total. The molecule has 0 aliphatic heterocycles. The zero-order valence-electron chi connectivity index (χ0n) is 16.7. The summed E-state index contributed by atoms with van der Waals surface area (Å²) >= 11 is 0. The molecule has 0 heterocycles. The molecule has 1 heteroatoms. The van der Waals surface area contributed by atoms with Gasteiger partial charge in [-0.2, -0.15) is 5.92 Å². The van der Waals surface area contributed by atoms with E-state index in [0.29, 0.717) is 0 Å². The molecule has 4 aromatic carbocycles. The van der Waals surface area contributed by atoms with Crippen LogP contribution in [0.15, 0.2) is 103 Å². The van der Waals surface area contributed by atoms with E-state index in [0.717, 1.165) is 33.4 Å². The molecule has 0 aromatic heterocycles. The normalized spacial score (nSPS) is 8.90. The second-order valence-corrected chi connectivity index (χ2v) is 6.55. The third-order valence-corrected chi connectivity index (χ3v) is 4.29. The summed E-state index contributed by atoms with van der Waals surface area (Å²) in [6.45, 7) is 0. The van der Waals surface area contributed by atoms with Gasteiger partial charge in [0.05, 0.1) is 0 Å². The van der Waals surface area contributed by atoms with Gasteiger partial charge in [0.1, 0.15) is 0 Å². The zero-order chi connectivity index (χ0) is 20.4. The van der Waals surface area contributed by atoms with E-state index in [2.05, 4.69) is 41.6 Å². The maximum absolute atomic E-state index is 3.19. The van der Waals surface area contributed by atoms with Gasteiger partial charge in [-0.05, 0) is 48.5 Å². The molecule has 0 saturated heterocycles. The monoisotopic (exact) mass is 564 g/mol.